The molecule has 2 heterocycles. The average molecular weight is 225 g/mol. The van der Waals surface area contributed by atoms with Gasteiger partial charge in [-0.15, -0.1) is 0 Å². The second kappa shape index (κ2) is 5.53. The molecule has 0 spiro atoms. The molecule has 2 fully saturated rings. The first kappa shape index (κ1) is 11.7. The number of hydrogen-bond donors (Lipinski definition) is 1. The zero-order valence-electron chi connectivity index (χ0n) is 10.2. The van der Waals surface area contributed by atoms with Crippen LogP contribution in [0.4, 0.5) is 4.79 Å². The van der Waals surface area contributed by atoms with Crippen molar-refractivity contribution in [3.05, 3.63) is 0 Å². The fourth-order valence-corrected chi connectivity index (χ4v) is 2.61. The van der Waals surface area contributed by atoms with E-state index in [-0.39, 0.29) is 6.03 Å². The third-order valence-corrected chi connectivity index (χ3v) is 3.58. The van der Waals surface area contributed by atoms with E-state index in [1.54, 1.807) is 0 Å². The van der Waals surface area contributed by atoms with Crippen molar-refractivity contribution < 1.29 is 4.79 Å². The van der Waals surface area contributed by atoms with Crippen molar-refractivity contribution in [1.29, 1.82) is 0 Å². The zero-order valence-corrected chi connectivity index (χ0v) is 10.2. The summed E-state index contributed by atoms with van der Waals surface area (Å²) < 4.78 is 0. The molecule has 4 heteroatoms. The lowest BCUT2D eigenvalue weighted by Gasteiger charge is -2.28. The van der Waals surface area contributed by atoms with Crippen molar-refractivity contribution in [1.82, 2.24) is 15.1 Å². The number of carbonyl (C=O) groups is 1. The predicted octanol–water partition coefficient (Wildman–Crippen LogP) is 1.28. The molecule has 4 nitrogen and oxygen atoms in total. The fourth-order valence-electron chi connectivity index (χ4n) is 2.61. The van der Waals surface area contributed by atoms with Crippen molar-refractivity contribution in [3.63, 3.8) is 0 Å². The van der Waals surface area contributed by atoms with E-state index in [0.29, 0.717) is 6.04 Å². The summed E-state index contributed by atoms with van der Waals surface area (Å²) in [6.45, 7) is 6.90. The number of urea groups is 1. The maximum atomic E-state index is 12.0. The summed E-state index contributed by atoms with van der Waals surface area (Å²) in [4.78, 5) is 16.1. The van der Waals surface area contributed by atoms with E-state index in [4.69, 9.17) is 0 Å². The normalized spacial score (nSPS) is 25.1. The molecule has 1 unspecified atom stereocenters. The van der Waals surface area contributed by atoms with Gasteiger partial charge >= 0.3 is 6.03 Å². The number of piperazine rings is 1. The van der Waals surface area contributed by atoms with Gasteiger partial charge < -0.3 is 15.1 Å². The summed E-state index contributed by atoms with van der Waals surface area (Å²) in [5.41, 5.74) is 0. The molecule has 1 N–H and O–H groups in total. The van der Waals surface area contributed by atoms with Crippen molar-refractivity contribution in [3.8, 4) is 0 Å². The average Bonchev–Trinajstić information content (AvgIpc) is 2.63. The zero-order chi connectivity index (χ0) is 11.4. The van der Waals surface area contributed by atoms with Crippen LogP contribution in [0.5, 0.6) is 0 Å². The first-order valence-corrected chi connectivity index (χ1v) is 6.59. The van der Waals surface area contributed by atoms with E-state index in [2.05, 4.69) is 12.2 Å². The summed E-state index contributed by atoms with van der Waals surface area (Å²) in [5, 5.41) is 3.35. The van der Waals surface area contributed by atoms with Gasteiger partial charge in [0.05, 0.1) is 6.04 Å². The minimum absolute atomic E-state index is 0.267. The van der Waals surface area contributed by atoms with Crippen LogP contribution in [0.2, 0.25) is 0 Å². The molecule has 0 aromatic heterocycles. The fraction of sp³-hybridized carbons (Fsp3) is 0.917. The van der Waals surface area contributed by atoms with Gasteiger partial charge in [-0.1, -0.05) is 26.2 Å². The van der Waals surface area contributed by atoms with Crippen LogP contribution in [0.25, 0.3) is 0 Å². The molecule has 0 radical (unpaired) electrons. The van der Waals surface area contributed by atoms with Crippen molar-refractivity contribution >= 4 is 6.03 Å². The monoisotopic (exact) mass is 225 g/mol. The van der Waals surface area contributed by atoms with Crippen molar-refractivity contribution in [2.24, 2.45) is 0 Å². The Labute approximate surface area is 98.0 Å². The topological polar surface area (TPSA) is 35.6 Å². The molecule has 0 aliphatic carbocycles. The van der Waals surface area contributed by atoms with Gasteiger partial charge in [-0.3, -0.25) is 0 Å². The SMILES string of the molecule is CCCCCCN1CC2CNCCN2C1=O. The molecule has 16 heavy (non-hydrogen) atoms. The Hall–Kier alpha value is -0.770. The van der Waals surface area contributed by atoms with Gasteiger partial charge in [-0.2, -0.15) is 0 Å². The highest BCUT2D eigenvalue weighted by atomic mass is 16.2. The largest absolute Gasteiger partial charge is 0.323 e. The summed E-state index contributed by atoms with van der Waals surface area (Å²) >= 11 is 0. The molecule has 2 rings (SSSR count). The number of nitrogens with zero attached hydrogens (tertiary/aromatic N) is 2. The Morgan fingerprint density at radius 2 is 2.25 bits per heavy atom. The highest BCUT2D eigenvalue weighted by Gasteiger charge is 2.37. The number of rotatable bonds is 5. The van der Waals surface area contributed by atoms with E-state index < -0.39 is 0 Å². The molecule has 2 saturated heterocycles. The Morgan fingerprint density at radius 1 is 1.38 bits per heavy atom. The lowest BCUT2D eigenvalue weighted by molar-refractivity contribution is 0.179. The number of nitrogens with one attached hydrogen (secondary N) is 1. The molecule has 0 aromatic carbocycles. The van der Waals surface area contributed by atoms with Crippen LogP contribution in [-0.4, -0.2) is 54.6 Å². The van der Waals surface area contributed by atoms with Crippen LogP contribution in [0.3, 0.4) is 0 Å². The van der Waals surface area contributed by atoms with Gasteiger partial charge in [0.25, 0.3) is 0 Å². The van der Waals surface area contributed by atoms with Crippen LogP contribution in [0, 0.1) is 0 Å². The summed E-state index contributed by atoms with van der Waals surface area (Å²) in [7, 11) is 0. The molecule has 2 amide bonds. The quantitative estimate of drug-likeness (QED) is 0.715. The number of unbranched alkanes of at least 4 members (excludes halogenated alkanes) is 3. The minimum atomic E-state index is 0.267. The Balaban J connectivity index is 1.76. The van der Waals surface area contributed by atoms with E-state index in [1.807, 2.05) is 9.80 Å². The molecule has 0 aromatic rings. The summed E-state index contributed by atoms with van der Waals surface area (Å²) in [5.74, 6) is 0. The Bertz CT molecular complexity index is 244. The molecular weight excluding hydrogens is 202 g/mol. The standard InChI is InChI=1S/C12H23N3O/c1-2-3-4-5-7-14-10-11-9-13-6-8-15(11)12(14)16/h11,13H,2-10H2,1H3. The lowest BCUT2D eigenvalue weighted by atomic mass is 10.2. The van der Waals surface area contributed by atoms with E-state index in [1.165, 1.54) is 19.3 Å². The number of fused-ring (bicyclic) bond motifs is 1. The van der Waals surface area contributed by atoms with E-state index in [0.717, 1.165) is 39.1 Å². The number of carbonyl (C=O) groups excluding carboxylic acids is 1. The third-order valence-electron chi connectivity index (χ3n) is 3.58. The highest BCUT2D eigenvalue weighted by molar-refractivity contribution is 5.77. The number of hydrogen-bond acceptors (Lipinski definition) is 2. The smallest absolute Gasteiger partial charge is 0.320 e. The van der Waals surface area contributed by atoms with Gasteiger partial charge in [0.2, 0.25) is 0 Å². The van der Waals surface area contributed by atoms with Gasteiger partial charge in [0.1, 0.15) is 0 Å². The number of amides is 2. The molecule has 0 bridgehead atoms. The van der Waals surface area contributed by atoms with Crippen LogP contribution < -0.4 is 5.32 Å². The maximum absolute atomic E-state index is 12.0. The third kappa shape index (κ3) is 2.48. The van der Waals surface area contributed by atoms with Crippen LogP contribution >= 0.6 is 0 Å². The second-order valence-corrected chi connectivity index (χ2v) is 4.84. The van der Waals surface area contributed by atoms with E-state index >= 15 is 0 Å². The second-order valence-electron chi connectivity index (χ2n) is 4.84. The first-order valence-electron chi connectivity index (χ1n) is 6.59. The molecule has 0 saturated carbocycles. The lowest BCUT2D eigenvalue weighted by Crippen LogP contribution is -2.49. The van der Waals surface area contributed by atoms with Gasteiger partial charge in [-0.25, -0.2) is 4.79 Å². The first-order chi connectivity index (χ1) is 7.83. The summed E-state index contributed by atoms with van der Waals surface area (Å²) in [6.07, 6.45) is 4.96. The summed E-state index contributed by atoms with van der Waals surface area (Å²) in [6, 6.07) is 0.690. The maximum Gasteiger partial charge on any atom is 0.320 e. The molecule has 2 aliphatic rings. The van der Waals surface area contributed by atoms with Crippen LogP contribution in [0.1, 0.15) is 32.6 Å². The van der Waals surface area contributed by atoms with Gasteiger partial charge in [0.15, 0.2) is 0 Å². The molecule has 1 atom stereocenters. The Morgan fingerprint density at radius 3 is 3.00 bits per heavy atom. The van der Waals surface area contributed by atoms with Crippen LogP contribution in [-0.2, 0) is 0 Å². The van der Waals surface area contributed by atoms with Gasteiger partial charge in [-0.05, 0) is 6.42 Å². The molecule has 2 aliphatic heterocycles. The highest BCUT2D eigenvalue weighted by Crippen LogP contribution is 2.18. The predicted molar refractivity (Wildman–Crippen MR) is 64.5 cm³/mol. The molecule has 92 valence electrons. The van der Waals surface area contributed by atoms with Crippen molar-refractivity contribution in [2.75, 3.05) is 32.7 Å². The van der Waals surface area contributed by atoms with Crippen LogP contribution in [0.15, 0.2) is 0 Å². The Kier molecular flexibility index (Phi) is 4.04. The van der Waals surface area contributed by atoms with Gasteiger partial charge in [0, 0.05) is 32.7 Å². The molecular formula is C12H23N3O. The van der Waals surface area contributed by atoms with E-state index in [9.17, 15) is 4.79 Å². The van der Waals surface area contributed by atoms with Crippen molar-refractivity contribution in [2.45, 2.75) is 38.6 Å². The minimum Gasteiger partial charge on any atom is -0.323 e.